The van der Waals surface area contributed by atoms with Crippen LogP contribution < -0.4 is 11.1 Å². The van der Waals surface area contributed by atoms with Crippen molar-refractivity contribution in [2.45, 2.75) is 13.8 Å². The highest BCUT2D eigenvalue weighted by molar-refractivity contribution is 7.21. The summed E-state index contributed by atoms with van der Waals surface area (Å²) < 4.78 is 14.6. The van der Waals surface area contributed by atoms with E-state index in [-0.39, 0.29) is 17.6 Å². The first-order valence-corrected chi connectivity index (χ1v) is 7.02. The monoisotopic (exact) mass is 280 g/mol. The summed E-state index contributed by atoms with van der Waals surface area (Å²) in [5, 5.41) is 3.39. The number of aryl methyl sites for hydroxylation is 1. The molecule has 0 fully saturated rings. The predicted octanol–water partition coefficient (Wildman–Crippen LogP) is 2.67. The molecule has 2 rings (SSSR count). The van der Waals surface area contributed by atoms with Gasteiger partial charge in [0.1, 0.15) is 5.82 Å². The molecule has 2 aromatic rings. The molecule has 3 nitrogen and oxygen atoms in total. The van der Waals surface area contributed by atoms with Gasteiger partial charge in [-0.15, -0.1) is 11.3 Å². The Morgan fingerprint density at radius 1 is 1.53 bits per heavy atom. The largest absolute Gasteiger partial charge is 0.351 e. The van der Waals surface area contributed by atoms with Crippen molar-refractivity contribution in [2.24, 2.45) is 11.7 Å². The molecule has 1 atom stereocenters. The van der Waals surface area contributed by atoms with Gasteiger partial charge in [0, 0.05) is 16.6 Å². The molecule has 0 spiro atoms. The van der Waals surface area contributed by atoms with Gasteiger partial charge in [0.05, 0.1) is 4.88 Å². The Bertz CT molecular complexity index is 609. The van der Waals surface area contributed by atoms with Crippen LogP contribution in [0.1, 0.15) is 22.2 Å². The molecule has 0 aliphatic carbocycles. The number of rotatable bonds is 4. The van der Waals surface area contributed by atoms with Crippen LogP contribution in [-0.2, 0) is 0 Å². The molecule has 1 unspecified atom stereocenters. The zero-order valence-electron chi connectivity index (χ0n) is 11.0. The number of carbonyl (C=O) groups excluding carboxylic acids is 1. The molecule has 1 aromatic carbocycles. The third kappa shape index (κ3) is 2.77. The highest BCUT2D eigenvalue weighted by Gasteiger charge is 2.17. The number of fused-ring (bicyclic) bond motifs is 1. The minimum Gasteiger partial charge on any atom is -0.351 e. The molecule has 3 N–H and O–H groups in total. The van der Waals surface area contributed by atoms with Crippen molar-refractivity contribution < 1.29 is 9.18 Å². The molecular weight excluding hydrogens is 263 g/mol. The van der Waals surface area contributed by atoms with E-state index < -0.39 is 0 Å². The molecule has 19 heavy (non-hydrogen) atoms. The van der Waals surface area contributed by atoms with Crippen LogP contribution in [0.5, 0.6) is 0 Å². The fourth-order valence-electron chi connectivity index (χ4n) is 1.90. The average Bonchev–Trinajstić information content (AvgIpc) is 2.74. The third-order valence-electron chi connectivity index (χ3n) is 3.12. The average molecular weight is 280 g/mol. The molecular formula is C14H17FN2OS. The molecule has 1 aromatic heterocycles. The number of nitrogens with two attached hydrogens (primary N) is 1. The van der Waals surface area contributed by atoms with Gasteiger partial charge in [0.25, 0.3) is 5.91 Å². The first-order valence-electron chi connectivity index (χ1n) is 6.20. The Morgan fingerprint density at radius 2 is 2.26 bits per heavy atom. The maximum Gasteiger partial charge on any atom is 0.261 e. The van der Waals surface area contributed by atoms with E-state index in [2.05, 4.69) is 5.32 Å². The van der Waals surface area contributed by atoms with Gasteiger partial charge in [-0.3, -0.25) is 4.79 Å². The number of hydrogen-bond acceptors (Lipinski definition) is 3. The number of amides is 1. The van der Waals surface area contributed by atoms with E-state index in [1.54, 1.807) is 13.0 Å². The van der Waals surface area contributed by atoms with Crippen molar-refractivity contribution in [1.29, 1.82) is 0 Å². The Balaban J connectivity index is 2.28. The van der Waals surface area contributed by atoms with Gasteiger partial charge in [0.2, 0.25) is 0 Å². The van der Waals surface area contributed by atoms with E-state index in [0.717, 1.165) is 4.70 Å². The van der Waals surface area contributed by atoms with Crippen molar-refractivity contribution in [3.63, 3.8) is 0 Å². The molecule has 1 amide bonds. The summed E-state index contributed by atoms with van der Waals surface area (Å²) in [6.45, 7) is 4.81. The second-order valence-electron chi connectivity index (χ2n) is 4.72. The minimum atomic E-state index is -0.277. The summed E-state index contributed by atoms with van der Waals surface area (Å²) in [7, 11) is 0. The summed E-state index contributed by atoms with van der Waals surface area (Å²) >= 11 is 1.32. The van der Waals surface area contributed by atoms with Gasteiger partial charge in [-0.25, -0.2) is 4.39 Å². The molecule has 0 aliphatic heterocycles. The summed E-state index contributed by atoms with van der Waals surface area (Å²) in [6, 6.07) is 4.90. The van der Waals surface area contributed by atoms with E-state index in [0.29, 0.717) is 28.9 Å². The zero-order valence-corrected chi connectivity index (χ0v) is 11.8. The lowest BCUT2D eigenvalue weighted by Crippen LogP contribution is -2.31. The lowest BCUT2D eigenvalue weighted by atomic mass is 10.1. The number of hydrogen-bond donors (Lipinski definition) is 2. The van der Waals surface area contributed by atoms with Gasteiger partial charge >= 0.3 is 0 Å². The minimum absolute atomic E-state index is 0.154. The Labute approximate surface area is 115 Å². The molecule has 1 heterocycles. The molecule has 102 valence electrons. The van der Waals surface area contributed by atoms with E-state index in [9.17, 15) is 9.18 Å². The maximum absolute atomic E-state index is 13.8. The first kappa shape index (κ1) is 14.0. The quantitative estimate of drug-likeness (QED) is 0.904. The molecule has 0 bridgehead atoms. The fourth-order valence-corrected chi connectivity index (χ4v) is 3.04. The number of benzene rings is 1. The molecule has 0 saturated carbocycles. The zero-order chi connectivity index (χ0) is 14.0. The second kappa shape index (κ2) is 5.67. The predicted molar refractivity (Wildman–Crippen MR) is 77.1 cm³/mol. The lowest BCUT2D eigenvalue weighted by Gasteiger charge is -2.09. The van der Waals surface area contributed by atoms with Gasteiger partial charge in [-0.05, 0) is 37.1 Å². The maximum atomic E-state index is 13.8. The van der Waals surface area contributed by atoms with Crippen molar-refractivity contribution in [1.82, 2.24) is 5.32 Å². The molecule has 0 aliphatic rings. The number of carbonyl (C=O) groups is 1. The van der Waals surface area contributed by atoms with E-state index in [4.69, 9.17) is 5.73 Å². The van der Waals surface area contributed by atoms with E-state index in [1.807, 2.05) is 13.0 Å². The number of thiophene rings is 1. The van der Waals surface area contributed by atoms with Gasteiger partial charge < -0.3 is 11.1 Å². The van der Waals surface area contributed by atoms with E-state index >= 15 is 0 Å². The van der Waals surface area contributed by atoms with Gasteiger partial charge in [-0.1, -0.05) is 13.0 Å². The van der Waals surface area contributed by atoms with Crippen molar-refractivity contribution in [3.8, 4) is 0 Å². The molecule has 0 radical (unpaired) electrons. The Hall–Kier alpha value is -1.46. The van der Waals surface area contributed by atoms with Crippen LogP contribution in [0.25, 0.3) is 10.1 Å². The topological polar surface area (TPSA) is 55.1 Å². The standard InChI is InChI=1S/C14H17FN2OS/c1-8(6-16)7-17-14(18)13-9(2)12-10(15)4-3-5-11(12)19-13/h3-5,8H,6-7,16H2,1-2H3,(H,17,18). The summed E-state index contributed by atoms with van der Waals surface area (Å²) in [6.07, 6.45) is 0. The van der Waals surface area contributed by atoms with Crippen LogP contribution in [0.4, 0.5) is 4.39 Å². The first-order chi connectivity index (χ1) is 9.04. The van der Waals surface area contributed by atoms with Crippen molar-refractivity contribution in [2.75, 3.05) is 13.1 Å². The van der Waals surface area contributed by atoms with Crippen LogP contribution in [0, 0.1) is 18.7 Å². The lowest BCUT2D eigenvalue weighted by molar-refractivity contribution is 0.0952. The van der Waals surface area contributed by atoms with Crippen LogP contribution in [0.3, 0.4) is 0 Å². The van der Waals surface area contributed by atoms with Crippen LogP contribution in [0.15, 0.2) is 18.2 Å². The second-order valence-corrected chi connectivity index (χ2v) is 5.77. The van der Waals surface area contributed by atoms with Crippen LogP contribution >= 0.6 is 11.3 Å². The highest BCUT2D eigenvalue weighted by atomic mass is 32.1. The summed E-state index contributed by atoms with van der Waals surface area (Å²) in [4.78, 5) is 12.7. The van der Waals surface area contributed by atoms with Crippen LogP contribution in [0.2, 0.25) is 0 Å². The molecule has 5 heteroatoms. The summed E-state index contributed by atoms with van der Waals surface area (Å²) in [5.41, 5.74) is 6.21. The van der Waals surface area contributed by atoms with Crippen molar-refractivity contribution in [3.05, 3.63) is 34.5 Å². The van der Waals surface area contributed by atoms with Crippen molar-refractivity contribution >= 4 is 27.3 Å². The smallest absolute Gasteiger partial charge is 0.261 e. The normalized spacial score (nSPS) is 12.6. The highest BCUT2D eigenvalue weighted by Crippen LogP contribution is 2.32. The summed E-state index contributed by atoms with van der Waals surface area (Å²) in [5.74, 6) is -0.200. The van der Waals surface area contributed by atoms with Crippen LogP contribution in [-0.4, -0.2) is 19.0 Å². The molecule has 0 saturated heterocycles. The van der Waals surface area contributed by atoms with E-state index in [1.165, 1.54) is 17.4 Å². The fraction of sp³-hybridized carbons (Fsp3) is 0.357. The number of halogens is 1. The third-order valence-corrected chi connectivity index (χ3v) is 4.38. The Morgan fingerprint density at radius 3 is 2.89 bits per heavy atom. The van der Waals surface area contributed by atoms with Gasteiger partial charge in [0.15, 0.2) is 0 Å². The number of nitrogens with one attached hydrogen (secondary N) is 1. The SMILES string of the molecule is Cc1c(C(=O)NCC(C)CN)sc2cccc(F)c12. The van der Waals surface area contributed by atoms with Gasteiger partial charge in [-0.2, -0.15) is 0 Å². The Kier molecular flexibility index (Phi) is 4.17.